The second kappa shape index (κ2) is 3.24. The maximum absolute atomic E-state index is 10.3. The normalized spacial score (nSPS) is 7.50. The van der Waals surface area contributed by atoms with E-state index < -0.39 is 5.94 Å². The molecule has 0 unspecified atom stereocenters. The van der Waals surface area contributed by atoms with Gasteiger partial charge in [-0.25, -0.2) is 5.11 Å². The Morgan fingerprint density at radius 3 is 2.25 bits per heavy atom. The lowest BCUT2D eigenvalue weighted by molar-refractivity contribution is 0.258. The third-order valence-electron chi connectivity index (χ3n) is 0.0445. The summed E-state index contributed by atoms with van der Waals surface area (Å²) in [5.41, 5.74) is 0. The van der Waals surface area contributed by atoms with E-state index in [9.17, 15) is 3.89 Å². The van der Waals surface area contributed by atoms with Crippen LogP contribution < -0.4 is 0 Å². The van der Waals surface area contributed by atoms with E-state index in [1.54, 1.807) is 0 Å². The van der Waals surface area contributed by atoms with Crippen LogP contribution in [0.2, 0.25) is 0 Å². The maximum atomic E-state index is 10.3. The van der Waals surface area contributed by atoms with Gasteiger partial charge in [-0.2, -0.15) is 3.89 Å². The molecule has 0 saturated heterocycles. The van der Waals surface area contributed by atoms with Gasteiger partial charge in [0.25, 0.3) is 0 Å². The van der Waals surface area contributed by atoms with Gasteiger partial charge in [-0.05, 0) is 0 Å². The largest absolute Gasteiger partial charge is 0.222 e. The third-order valence-corrected chi connectivity index (χ3v) is 0.134. The Bertz CT molecular complexity index is 10.0. The van der Waals surface area contributed by atoms with Crippen LogP contribution in [-0.2, 0) is 5.11 Å². The molecule has 0 aromatic heterocycles. The van der Waals surface area contributed by atoms with Gasteiger partial charge in [-0.3, -0.25) is 0 Å². The van der Waals surface area contributed by atoms with E-state index in [2.05, 4.69) is 0 Å². The highest BCUT2D eigenvalue weighted by molar-refractivity contribution is 7.94. The highest BCUT2D eigenvalue weighted by Gasteiger charge is 1.66. The van der Waals surface area contributed by atoms with Crippen LogP contribution in [0.4, 0.5) is 3.89 Å². The third kappa shape index (κ3) is 2.24. The Hall–Kier alpha value is 0.240. The average molecular weight is 81.1 g/mol. The van der Waals surface area contributed by atoms with Crippen LogP contribution in [-0.4, -0.2) is 5.94 Å². The molecule has 0 rings (SSSR count). The molecule has 0 spiro atoms. The van der Waals surface area contributed by atoms with Crippen LogP contribution in [0.1, 0.15) is 0 Å². The van der Waals surface area contributed by atoms with Gasteiger partial charge in [0.1, 0.15) is 0 Å². The first kappa shape index (κ1) is 4.24. The molecule has 0 aliphatic heterocycles. The van der Waals surface area contributed by atoms with E-state index in [1.807, 2.05) is 0 Å². The highest BCUT2D eigenvalue weighted by Crippen LogP contribution is 1.92. The monoisotopic (exact) mass is 81.0 g/mol. The molecule has 0 aliphatic rings. The molecule has 0 fully saturated rings. The van der Waals surface area contributed by atoms with E-state index in [4.69, 9.17) is 5.11 Å². The van der Waals surface area contributed by atoms with Gasteiger partial charge < -0.3 is 0 Å². The first-order valence-corrected chi connectivity index (χ1v) is 1.62. The van der Waals surface area contributed by atoms with Crippen molar-refractivity contribution in [3.8, 4) is 0 Å². The van der Waals surface area contributed by atoms with Gasteiger partial charge >= 0.3 is 0 Å². The SMILES string of the molecule is [O]CSF. The summed E-state index contributed by atoms with van der Waals surface area (Å²) in [4.78, 5) is 0. The second-order valence-corrected chi connectivity index (χ2v) is 0.681. The zero-order valence-electron chi connectivity index (χ0n) is 1.90. The standard InChI is InChI=1S/CH2FOS/c2-4-1-3/h1H2. The Morgan fingerprint density at radius 1 is 2.00 bits per heavy atom. The first-order chi connectivity index (χ1) is 1.91. The van der Waals surface area contributed by atoms with Crippen molar-refractivity contribution < 1.29 is 8.99 Å². The van der Waals surface area contributed by atoms with E-state index in [0.717, 1.165) is 0 Å². The van der Waals surface area contributed by atoms with E-state index in [1.165, 1.54) is 0 Å². The minimum atomic E-state index is -0.681. The molecule has 4 heavy (non-hydrogen) atoms. The van der Waals surface area contributed by atoms with Gasteiger partial charge in [-0.15, -0.1) is 0 Å². The van der Waals surface area contributed by atoms with Crippen LogP contribution >= 0.6 is 12.1 Å². The van der Waals surface area contributed by atoms with E-state index in [0.29, 0.717) is 0 Å². The van der Waals surface area contributed by atoms with Gasteiger partial charge in [0.05, 0.1) is 12.1 Å². The molecular weight excluding hydrogens is 79.1 g/mol. The Kier molecular flexibility index (Phi) is 3.43. The predicted octanol–water partition coefficient (Wildman–Crippen LogP) is 0.992. The Labute approximate surface area is 28.1 Å². The van der Waals surface area contributed by atoms with Crippen molar-refractivity contribution in [2.45, 2.75) is 0 Å². The minimum Gasteiger partial charge on any atom is -0.222 e. The molecule has 0 amide bonds. The lowest BCUT2D eigenvalue weighted by Gasteiger charge is -1.60. The van der Waals surface area contributed by atoms with Crippen molar-refractivity contribution in [3.05, 3.63) is 0 Å². The van der Waals surface area contributed by atoms with Crippen molar-refractivity contribution in [3.63, 3.8) is 0 Å². The molecule has 3 heteroatoms. The van der Waals surface area contributed by atoms with Gasteiger partial charge in [0, 0.05) is 0 Å². The topological polar surface area (TPSA) is 19.9 Å². The molecule has 0 heterocycles. The quantitative estimate of drug-likeness (QED) is 0.431. The van der Waals surface area contributed by atoms with Crippen LogP contribution in [0, 0.1) is 0 Å². The summed E-state index contributed by atoms with van der Waals surface area (Å²) in [5.74, 6) is -0.681. The van der Waals surface area contributed by atoms with Crippen molar-refractivity contribution in [1.29, 1.82) is 0 Å². The lowest BCUT2D eigenvalue weighted by atomic mass is 11.7. The molecule has 0 atom stereocenters. The fourth-order valence-electron chi connectivity index (χ4n) is 0. The molecule has 1 nitrogen and oxygen atoms in total. The maximum Gasteiger partial charge on any atom is 0.159 e. The Balaban J connectivity index is 1.97. The zero-order valence-corrected chi connectivity index (χ0v) is 2.72. The molecule has 0 N–H and O–H groups in total. The van der Waals surface area contributed by atoms with Crippen LogP contribution in [0.15, 0.2) is 0 Å². The molecule has 25 valence electrons. The summed E-state index contributed by atoms with van der Waals surface area (Å²) >= 11 is -0.199. The number of hydrogen-bond acceptors (Lipinski definition) is 1. The predicted molar refractivity (Wildman–Crippen MR) is 14.3 cm³/mol. The molecule has 0 aliphatic carbocycles. The summed E-state index contributed by atoms with van der Waals surface area (Å²) in [6.07, 6.45) is 0. The van der Waals surface area contributed by atoms with E-state index in [-0.39, 0.29) is 12.1 Å². The van der Waals surface area contributed by atoms with Crippen molar-refractivity contribution >= 4 is 12.1 Å². The lowest BCUT2D eigenvalue weighted by Crippen LogP contribution is -1.52. The number of rotatable bonds is 1. The summed E-state index contributed by atoms with van der Waals surface area (Å²) < 4.78 is 10.3. The van der Waals surface area contributed by atoms with Crippen LogP contribution in [0.25, 0.3) is 0 Å². The Morgan fingerprint density at radius 2 is 2.25 bits per heavy atom. The van der Waals surface area contributed by atoms with Crippen LogP contribution in [0.3, 0.4) is 0 Å². The van der Waals surface area contributed by atoms with Gasteiger partial charge in [-0.1, -0.05) is 0 Å². The summed E-state index contributed by atoms with van der Waals surface area (Å²) in [6, 6.07) is 0. The van der Waals surface area contributed by atoms with Gasteiger partial charge in [0.15, 0.2) is 5.94 Å². The summed E-state index contributed by atoms with van der Waals surface area (Å²) in [5, 5.41) is 8.89. The van der Waals surface area contributed by atoms with Crippen molar-refractivity contribution in [2.24, 2.45) is 0 Å². The summed E-state index contributed by atoms with van der Waals surface area (Å²) in [6.45, 7) is 0. The first-order valence-electron chi connectivity index (χ1n) is 0.732. The van der Waals surface area contributed by atoms with Gasteiger partial charge in [0.2, 0.25) is 0 Å². The average Bonchev–Trinajstić information content (AvgIpc) is 1.37. The number of hydrogen-bond donors (Lipinski definition) is 0. The molecule has 0 aromatic rings. The second-order valence-electron chi connectivity index (χ2n) is 0.227. The zero-order chi connectivity index (χ0) is 3.41. The van der Waals surface area contributed by atoms with Crippen molar-refractivity contribution in [2.75, 3.05) is 5.94 Å². The molecule has 0 aromatic carbocycles. The fourth-order valence-corrected chi connectivity index (χ4v) is 0. The highest BCUT2D eigenvalue weighted by atomic mass is 32.2. The molecule has 1 radical (unpaired) electrons. The van der Waals surface area contributed by atoms with E-state index >= 15 is 0 Å². The van der Waals surface area contributed by atoms with Crippen molar-refractivity contribution in [1.82, 2.24) is 0 Å². The smallest absolute Gasteiger partial charge is 0.159 e. The molecule has 0 saturated carbocycles. The minimum absolute atomic E-state index is 0.199. The fraction of sp³-hybridized carbons (Fsp3) is 1.00. The van der Waals surface area contributed by atoms with Crippen LogP contribution in [0.5, 0.6) is 0 Å². The number of halogens is 1. The summed E-state index contributed by atoms with van der Waals surface area (Å²) in [7, 11) is 0. The molecule has 0 bridgehead atoms. The molecular formula is CH2FOS.